The lowest BCUT2D eigenvalue weighted by molar-refractivity contribution is -0.0304. The zero-order chi connectivity index (χ0) is 14.6. The quantitative estimate of drug-likeness (QED) is 0.439. The van der Waals surface area contributed by atoms with E-state index in [2.05, 4.69) is 26.8 Å². The Kier molecular flexibility index (Phi) is 11.0. The topological polar surface area (TPSA) is 33.0 Å². The SMILES string of the molecule is CCCCCCCCCCOC(C)(C)CC(C)C#N. The van der Waals surface area contributed by atoms with E-state index in [-0.39, 0.29) is 11.5 Å². The molecule has 0 aromatic rings. The summed E-state index contributed by atoms with van der Waals surface area (Å²) in [7, 11) is 0. The van der Waals surface area contributed by atoms with Gasteiger partial charge in [0.25, 0.3) is 0 Å². The number of unbranched alkanes of at least 4 members (excludes halogenated alkanes) is 7. The first-order chi connectivity index (χ1) is 9.02. The fourth-order valence-corrected chi connectivity index (χ4v) is 2.43. The van der Waals surface area contributed by atoms with Gasteiger partial charge in [-0.25, -0.2) is 0 Å². The monoisotopic (exact) mass is 267 g/mol. The minimum Gasteiger partial charge on any atom is -0.376 e. The van der Waals surface area contributed by atoms with E-state index in [9.17, 15) is 0 Å². The van der Waals surface area contributed by atoms with Crippen molar-refractivity contribution in [2.24, 2.45) is 5.92 Å². The third kappa shape index (κ3) is 12.2. The molecule has 112 valence electrons. The molecular formula is C17H33NO. The zero-order valence-electron chi connectivity index (χ0n) is 13.5. The summed E-state index contributed by atoms with van der Waals surface area (Å²) >= 11 is 0. The van der Waals surface area contributed by atoms with Crippen LogP contribution in [0.2, 0.25) is 0 Å². The van der Waals surface area contributed by atoms with Crippen LogP contribution in [0.1, 0.15) is 85.5 Å². The third-order valence-corrected chi connectivity index (χ3v) is 3.51. The summed E-state index contributed by atoms with van der Waals surface area (Å²) in [4.78, 5) is 0. The Morgan fingerprint density at radius 2 is 1.53 bits per heavy atom. The van der Waals surface area contributed by atoms with E-state index in [1.54, 1.807) is 0 Å². The molecule has 0 radical (unpaired) electrons. The van der Waals surface area contributed by atoms with Crippen LogP contribution in [-0.2, 0) is 4.74 Å². The summed E-state index contributed by atoms with van der Waals surface area (Å²) < 4.78 is 5.90. The van der Waals surface area contributed by atoms with E-state index in [1.165, 1.54) is 44.9 Å². The van der Waals surface area contributed by atoms with Crippen LogP contribution in [0.4, 0.5) is 0 Å². The van der Waals surface area contributed by atoms with Gasteiger partial charge in [-0.3, -0.25) is 0 Å². The Bertz CT molecular complexity index is 242. The Hall–Kier alpha value is -0.550. The third-order valence-electron chi connectivity index (χ3n) is 3.51. The van der Waals surface area contributed by atoms with Crippen LogP contribution in [0.3, 0.4) is 0 Å². The molecule has 0 spiro atoms. The summed E-state index contributed by atoms with van der Waals surface area (Å²) in [6, 6.07) is 2.28. The van der Waals surface area contributed by atoms with E-state index in [0.29, 0.717) is 0 Å². The fraction of sp³-hybridized carbons (Fsp3) is 0.941. The Balaban J connectivity index is 3.40. The molecule has 2 nitrogen and oxygen atoms in total. The lowest BCUT2D eigenvalue weighted by atomic mass is 9.96. The molecule has 0 fully saturated rings. The van der Waals surface area contributed by atoms with Crippen LogP contribution < -0.4 is 0 Å². The molecule has 0 aromatic carbocycles. The van der Waals surface area contributed by atoms with Crippen LogP contribution in [0.15, 0.2) is 0 Å². The van der Waals surface area contributed by atoms with Crippen LogP contribution in [0.25, 0.3) is 0 Å². The number of nitrogens with zero attached hydrogens (tertiary/aromatic N) is 1. The maximum atomic E-state index is 8.82. The molecule has 0 rings (SSSR count). The van der Waals surface area contributed by atoms with Gasteiger partial charge in [0, 0.05) is 12.5 Å². The average Bonchev–Trinajstić information content (AvgIpc) is 2.36. The lowest BCUT2D eigenvalue weighted by Crippen LogP contribution is -2.27. The fourth-order valence-electron chi connectivity index (χ4n) is 2.43. The summed E-state index contributed by atoms with van der Waals surface area (Å²) in [6.45, 7) is 9.23. The van der Waals surface area contributed by atoms with Gasteiger partial charge in [0.15, 0.2) is 0 Å². The Morgan fingerprint density at radius 1 is 1.00 bits per heavy atom. The highest BCUT2D eigenvalue weighted by atomic mass is 16.5. The van der Waals surface area contributed by atoms with Crippen molar-refractivity contribution in [2.45, 2.75) is 91.1 Å². The maximum Gasteiger partial charge on any atom is 0.0653 e. The van der Waals surface area contributed by atoms with Gasteiger partial charge in [-0.05, 0) is 33.6 Å². The molecule has 0 amide bonds. The molecule has 0 saturated carbocycles. The number of ether oxygens (including phenoxy) is 1. The molecule has 0 aromatic heterocycles. The largest absolute Gasteiger partial charge is 0.376 e. The first-order valence-electron chi connectivity index (χ1n) is 8.05. The molecule has 0 N–H and O–H groups in total. The second kappa shape index (κ2) is 11.3. The van der Waals surface area contributed by atoms with Gasteiger partial charge in [0.1, 0.15) is 0 Å². The van der Waals surface area contributed by atoms with Gasteiger partial charge >= 0.3 is 0 Å². The van der Waals surface area contributed by atoms with Crippen molar-refractivity contribution < 1.29 is 4.74 Å². The number of nitriles is 1. The molecule has 2 heteroatoms. The number of hydrogen-bond acceptors (Lipinski definition) is 2. The molecule has 1 atom stereocenters. The molecule has 0 saturated heterocycles. The van der Waals surface area contributed by atoms with E-state index < -0.39 is 0 Å². The van der Waals surface area contributed by atoms with Gasteiger partial charge in [0.05, 0.1) is 11.7 Å². The predicted molar refractivity (Wildman–Crippen MR) is 82.0 cm³/mol. The van der Waals surface area contributed by atoms with E-state index in [0.717, 1.165) is 19.4 Å². The molecule has 0 bridgehead atoms. The van der Waals surface area contributed by atoms with Crippen LogP contribution in [0.5, 0.6) is 0 Å². The van der Waals surface area contributed by atoms with E-state index >= 15 is 0 Å². The normalized spacial score (nSPS) is 13.2. The minimum absolute atomic E-state index is 0.0774. The maximum absolute atomic E-state index is 8.82. The average molecular weight is 267 g/mol. The van der Waals surface area contributed by atoms with Crippen molar-refractivity contribution in [2.75, 3.05) is 6.61 Å². The molecule has 0 aliphatic rings. The van der Waals surface area contributed by atoms with Gasteiger partial charge in [-0.15, -0.1) is 0 Å². The van der Waals surface area contributed by atoms with Gasteiger partial charge < -0.3 is 4.74 Å². The van der Waals surface area contributed by atoms with Crippen molar-refractivity contribution >= 4 is 0 Å². The van der Waals surface area contributed by atoms with Crippen molar-refractivity contribution in [1.29, 1.82) is 5.26 Å². The smallest absolute Gasteiger partial charge is 0.0653 e. The van der Waals surface area contributed by atoms with Crippen molar-refractivity contribution in [1.82, 2.24) is 0 Å². The van der Waals surface area contributed by atoms with Crippen molar-refractivity contribution in [3.63, 3.8) is 0 Å². The predicted octanol–water partition coefficient (Wildman–Crippen LogP) is 5.47. The van der Waals surface area contributed by atoms with E-state index in [1.807, 2.05) is 6.92 Å². The second-order valence-corrected chi connectivity index (χ2v) is 6.32. The Labute approximate surface area is 120 Å². The molecule has 0 aliphatic heterocycles. The molecule has 19 heavy (non-hydrogen) atoms. The molecular weight excluding hydrogens is 234 g/mol. The highest BCUT2D eigenvalue weighted by Gasteiger charge is 2.21. The van der Waals surface area contributed by atoms with Crippen LogP contribution in [-0.4, -0.2) is 12.2 Å². The molecule has 0 aliphatic carbocycles. The summed E-state index contributed by atoms with van der Waals surface area (Å²) in [6.07, 6.45) is 11.4. The standard InChI is InChI=1S/C17H33NO/c1-5-6-7-8-9-10-11-12-13-19-17(3,4)14-16(2)15-18/h16H,5-14H2,1-4H3. The lowest BCUT2D eigenvalue weighted by Gasteiger charge is -2.26. The van der Waals surface area contributed by atoms with Crippen molar-refractivity contribution in [3.05, 3.63) is 0 Å². The summed E-state index contributed by atoms with van der Waals surface area (Å²) in [5, 5.41) is 8.82. The van der Waals surface area contributed by atoms with Gasteiger partial charge in [-0.2, -0.15) is 5.26 Å². The highest BCUT2D eigenvalue weighted by Crippen LogP contribution is 2.20. The van der Waals surface area contributed by atoms with Crippen LogP contribution >= 0.6 is 0 Å². The minimum atomic E-state index is -0.156. The number of rotatable bonds is 12. The van der Waals surface area contributed by atoms with Gasteiger partial charge in [-0.1, -0.05) is 51.9 Å². The van der Waals surface area contributed by atoms with E-state index in [4.69, 9.17) is 10.00 Å². The molecule has 1 unspecified atom stereocenters. The Morgan fingerprint density at radius 3 is 2.05 bits per heavy atom. The van der Waals surface area contributed by atoms with Crippen LogP contribution in [0, 0.1) is 17.2 Å². The van der Waals surface area contributed by atoms with Gasteiger partial charge in [0.2, 0.25) is 0 Å². The highest BCUT2D eigenvalue weighted by molar-refractivity contribution is 4.84. The molecule has 0 heterocycles. The second-order valence-electron chi connectivity index (χ2n) is 6.32. The number of hydrogen-bond donors (Lipinski definition) is 0. The zero-order valence-corrected chi connectivity index (χ0v) is 13.5. The first-order valence-corrected chi connectivity index (χ1v) is 8.05. The first kappa shape index (κ1) is 18.4. The van der Waals surface area contributed by atoms with Crippen molar-refractivity contribution in [3.8, 4) is 6.07 Å². The summed E-state index contributed by atoms with van der Waals surface area (Å²) in [5.74, 6) is 0.0774. The summed E-state index contributed by atoms with van der Waals surface area (Å²) in [5.41, 5.74) is -0.156.